The average Bonchev–Trinajstić information content (AvgIpc) is 3.22. The average molecular weight is 603 g/mol. The zero-order chi connectivity index (χ0) is 30.5. The summed E-state index contributed by atoms with van der Waals surface area (Å²) in [6.45, 7) is -0.517. The lowest BCUT2D eigenvalue weighted by atomic mass is 9.99. The maximum absolute atomic E-state index is 11.8. The molecule has 4 rings (SSSR count). The zero-order valence-electron chi connectivity index (χ0n) is 22.0. The van der Waals surface area contributed by atoms with E-state index in [1.165, 1.54) is 0 Å². The summed E-state index contributed by atoms with van der Waals surface area (Å²) in [6, 6.07) is 12.2. The molecule has 0 unspecified atom stereocenters. The van der Waals surface area contributed by atoms with E-state index in [4.69, 9.17) is 36.0 Å². The number of hydrogen-bond donors (Lipinski definition) is 9. The molecule has 0 aliphatic carbocycles. The highest BCUT2D eigenvalue weighted by Gasteiger charge is 2.58. The van der Waals surface area contributed by atoms with Gasteiger partial charge in [-0.25, -0.2) is 0 Å². The molecular formula is C27H35ClO13. The van der Waals surface area contributed by atoms with Gasteiger partial charge in [-0.15, -0.1) is 0 Å². The Morgan fingerprint density at radius 1 is 0.927 bits per heavy atom. The number of phenolic OH excluding ortho intramolecular Hbond substituents is 1. The third-order valence-corrected chi connectivity index (χ3v) is 7.25. The van der Waals surface area contributed by atoms with E-state index in [1.54, 1.807) is 37.3 Å². The van der Waals surface area contributed by atoms with E-state index >= 15 is 0 Å². The third kappa shape index (κ3) is 7.05. The fraction of sp³-hybridized carbons (Fsp3) is 0.519. The van der Waals surface area contributed by atoms with Crippen molar-refractivity contribution in [2.24, 2.45) is 0 Å². The van der Waals surface area contributed by atoms with Gasteiger partial charge in [0, 0.05) is 17.5 Å². The summed E-state index contributed by atoms with van der Waals surface area (Å²) in [7, 11) is 0. The SMILES string of the molecule is CCC(=O)c1cccc(-c2cccc(O)c2)c1Cl.OC[C@H]1O[C@@](CO)(O[C@H]2O[C@H](CO)[C@@H](O)[C@H](O)[C@H]2O)[C@@H](O)[C@@H]1O. The molecule has 14 heteroatoms. The molecule has 2 saturated heterocycles. The Morgan fingerprint density at radius 3 is 2.15 bits per heavy atom. The Kier molecular flexibility index (Phi) is 11.6. The molecule has 0 spiro atoms. The standard InChI is InChI=1S/C15H13ClO2.C12H22O11/c1-2-14(18)13-8-4-7-12(15(13)16)10-5-3-6-11(17)9-10;13-1-4-6(16)8(18)9(19)11(21-4)23-12(3-15)10(20)7(17)5(2-14)22-12/h3-9,17H,2H2,1H3;4-11,13-20H,1-3H2/t;4-,5-,6-,7-,8+,9-,10+,11-,12+/m.1/s1. The maximum Gasteiger partial charge on any atom is 0.224 e. The van der Waals surface area contributed by atoms with Gasteiger partial charge < -0.3 is 60.2 Å². The van der Waals surface area contributed by atoms with Crippen LogP contribution >= 0.6 is 11.6 Å². The number of ether oxygens (including phenoxy) is 3. The first kappa shape index (κ1) is 33.3. The third-order valence-electron chi connectivity index (χ3n) is 6.85. The van der Waals surface area contributed by atoms with E-state index in [9.17, 15) is 40.5 Å². The minimum Gasteiger partial charge on any atom is -0.508 e. The topological polar surface area (TPSA) is 227 Å². The van der Waals surface area contributed by atoms with Crippen LogP contribution in [-0.2, 0) is 14.2 Å². The summed E-state index contributed by atoms with van der Waals surface area (Å²) in [4.78, 5) is 11.8. The normalized spacial score (nSPS) is 33.2. The molecule has 13 nitrogen and oxygen atoms in total. The molecule has 2 heterocycles. The van der Waals surface area contributed by atoms with Gasteiger partial charge in [0.1, 0.15) is 55.1 Å². The second-order valence-corrected chi connectivity index (χ2v) is 9.93. The minimum absolute atomic E-state index is 0.0157. The van der Waals surface area contributed by atoms with Crippen LogP contribution in [0.3, 0.4) is 0 Å². The number of aromatic hydroxyl groups is 1. The van der Waals surface area contributed by atoms with E-state index in [1.807, 2.05) is 12.1 Å². The molecule has 228 valence electrons. The number of aliphatic hydroxyl groups is 8. The largest absolute Gasteiger partial charge is 0.508 e. The van der Waals surface area contributed by atoms with Crippen molar-refractivity contribution in [3.05, 3.63) is 53.1 Å². The number of ketones is 1. The van der Waals surface area contributed by atoms with Gasteiger partial charge in [0.15, 0.2) is 12.1 Å². The quantitative estimate of drug-likeness (QED) is 0.164. The molecule has 9 N–H and O–H groups in total. The number of halogens is 1. The number of aliphatic hydroxyl groups excluding tert-OH is 8. The molecule has 2 aliphatic rings. The number of Topliss-reactive ketones (excluding diaryl/α,β-unsaturated/α-hetero) is 1. The highest BCUT2D eigenvalue weighted by molar-refractivity contribution is 6.36. The molecule has 9 atom stereocenters. The van der Waals surface area contributed by atoms with Gasteiger partial charge in [-0.05, 0) is 23.8 Å². The van der Waals surface area contributed by atoms with Gasteiger partial charge in [0.2, 0.25) is 5.79 Å². The van der Waals surface area contributed by atoms with Crippen LogP contribution in [0.25, 0.3) is 11.1 Å². The Balaban J connectivity index is 0.000000232. The van der Waals surface area contributed by atoms with Crippen molar-refractivity contribution in [1.82, 2.24) is 0 Å². The number of hydrogen-bond acceptors (Lipinski definition) is 13. The molecule has 41 heavy (non-hydrogen) atoms. The van der Waals surface area contributed by atoms with Crippen molar-refractivity contribution in [3.63, 3.8) is 0 Å². The second kappa shape index (κ2) is 14.3. The molecule has 2 fully saturated rings. The minimum atomic E-state index is -2.22. The number of phenols is 1. The second-order valence-electron chi connectivity index (χ2n) is 9.55. The van der Waals surface area contributed by atoms with Gasteiger partial charge in [-0.1, -0.05) is 42.8 Å². The van der Waals surface area contributed by atoms with Crippen LogP contribution in [0, 0.1) is 0 Å². The molecule has 0 amide bonds. The number of rotatable bonds is 8. The predicted octanol–water partition coefficient (Wildman–Crippen LogP) is -1.09. The van der Waals surface area contributed by atoms with Crippen molar-refractivity contribution in [2.75, 3.05) is 19.8 Å². The van der Waals surface area contributed by atoms with Crippen LogP contribution in [0.2, 0.25) is 5.02 Å². The van der Waals surface area contributed by atoms with E-state index in [-0.39, 0.29) is 11.5 Å². The van der Waals surface area contributed by atoms with Crippen molar-refractivity contribution in [1.29, 1.82) is 0 Å². The van der Waals surface area contributed by atoms with Crippen LogP contribution < -0.4 is 0 Å². The molecule has 0 bridgehead atoms. The Hall–Kier alpha value is -2.24. The van der Waals surface area contributed by atoms with Crippen LogP contribution in [0.5, 0.6) is 5.75 Å². The summed E-state index contributed by atoms with van der Waals surface area (Å²) in [6.07, 6.45) is -12.2. The Labute approximate surface area is 240 Å². The predicted molar refractivity (Wildman–Crippen MR) is 142 cm³/mol. The monoisotopic (exact) mass is 602 g/mol. The Morgan fingerprint density at radius 2 is 1.59 bits per heavy atom. The fourth-order valence-electron chi connectivity index (χ4n) is 4.47. The molecule has 0 radical (unpaired) electrons. The lowest BCUT2D eigenvalue weighted by Gasteiger charge is -2.43. The molecule has 2 aromatic rings. The highest BCUT2D eigenvalue weighted by atomic mass is 35.5. The van der Waals surface area contributed by atoms with Gasteiger partial charge in [-0.2, -0.15) is 0 Å². The first-order valence-corrected chi connectivity index (χ1v) is 13.2. The summed E-state index contributed by atoms with van der Waals surface area (Å²) in [5, 5.41) is 86.6. The van der Waals surface area contributed by atoms with E-state index in [0.29, 0.717) is 17.0 Å². The maximum atomic E-state index is 11.8. The summed E-state index contributed by atoms with van der Waals surface area (Å²) in [5.41, 5.74) is 2.08. The van der Waals surface area contributed by atoms with Crippen molar-refractivity contribution < 1.29 is 65.0 Å². The number of benzene rings is 2. The molecule has 0 saturated carbocycles. The van der Waals surface area contributed by atoms with Crippen LogP contribution in [-0.4, -0.2) is 126 Å². The number of carbonyl (C=O) groups is 1. The molecule has 2 aromatic carbocycles. The Bertz CT molecular complexity index is 1160. The van der Waals surface area contributed by atoms with Gasteiger partial charge in [-0.3, -0.25) is 4.79 Å². The number of carbonyl (C=O) groups excluding carboxylic acids is 1. The summed E-state index contributed by atoms with van der Waals surface area (Å²) >= 11 is 6.27. The summed E-state index contributed by atoms with van der Waals surface area (Å²) in [5.74, 6) is -2.03. The first-order valence-electron chi connectivity index (χ1n) is 12.8. The smallest absolute Gasteiger partial charge is 0.224 e. The molecule has 2 aliphatic heterocycles. The van der Waals surface area contributed by atoms with Gasteiger partial charge >= 0.3 is 0 Å². The molecule has 0 aromatic heterocycles. The van der Waals surface area contributed by atoms with E-state index < -0.39 is 74.6 Å². The lowest BCUT2D eigenvalue weighted by molar-refractivity contribution is -0.383. The van der Waals surface area contributed by atoms with Crippen LogP contribution in [0.4, 0.5) is 0 Å². The lowest BCUT2D eigenvalue weighted by Crippen LogP contribution is -2.62. The zero-order valence-corrected chi connectivity index (χ0v) is 22.8. The molecular weight excluding hydrogens is 568 g/mol. The summed E-state index contributed by atoms with van der Waals surface area (Å²) < 4.78 is 15.4. The van der Waals surface area contributed by atoms with E-state index in [0.717, 1.165) is 11.1 Å². The van der Waals surface area contributed by atoms with E-state index in [2.05, 4.69) is 0 Å². The van der Waals surface area contributed by atoms with Crippen LogP contribution in [0.15, 0.2) is 42.5 Å². The van der Waals surface area contributed by atoms with Crippen molar-refractivity contribution in [3.8, 4) is 16.9 Å². The first-order chi connectivity index (χ1) is 19.4. The highest BCUT2D eigenvalue weighted by Crippen LogP contribution is 2.36. The van der Waals surface area contributed by atoms with Crippen LogP contribution in [0.1, 0.15) is 23.7 Å². The van der Waals surface area contributed by atoms with Gasteiger partial charge in [0.05, 0.1) is 18.2 Å². The van der Waals surface area contributed by atoms with Crippen molar-refractivity contribution >= 4 is 17.4 Å². The van der Waals surface area contributed by atoms with Gasteiger partial charge in [0.25, 0.3) is 0 Å². The fourth-order valence-corrected chi connectivity index (χ4v) is 4.81. The van der Waals surface area contributed by atoms with Crippen molar-refractivity contribution in [2.45, 2.75) is 68.1 Å².